The van der Waals surface area contributed by atoms with Gasteiger partial charge < -0.3 is 10.7 Å². The maximum atomic E-state index is 5.74. The molecule has 3 nitrogen and oxygen atoms in total. The van der Waals surface area contributed by atoms with Crippen molar-refractivity contribution < 1.29 is 0 Å². The normalized spacial score (nSPS) is 12.7. The molecule has 3 heteroatoms. The second-order valence-corrected chi connectivity index (χ2v) is 3.84. The zero-order valence-corrected chi connectivity index (χ0v) is 8.99. The van der Waals surface area contributed by atoms with E-state index >= 15 is 0 Å². The molecule has 15 heavy (non-hydrogen) atoms. The van der Waals surface area contributed by atoms with Gasteiger partial charge in [-0.25, -0.2) is 4.98 Å². The summed E-state index contributed by atoms with van der Waals surface area (Å²) < 4.78 is 0. The Morgan fingerprint density at radius 3 is 2.47 bits per heavy atom. The van der Waals surface area contributed by atoms with E-state index < -0.39 is 0 Å². The molecule has 0 bridgehead atoms. The van der Waals surface area contributed by atoms with Crippen molar-refractivity contribution in [3.63, 3.8) is 0 Å². The molecule has 0 spiro atoms. The second kappa shape index (κ2) is 3.87. The summed E-state index contributed by atoms with van der Waals surface area (Å²) in [5.74, 6) is 0.825. The number of rotatable bonds is 2. The van der Waals surface area contributed by atoms with E-state index in [1.807, 2.05) is 13.1 Å². The number of aromatic amines is 1. The minimum absolute atomic E-state index is 0.0517. The Morgan fingerprint density at radius 2 is 1.93 bits per heavy atom. The minimum Gasteiger partial charge on any atom is -0.341 e. The van der Waals surface area contributed by atoms with Gasteiger partial charge in [0.25, 0.3) is 0 Å². The number of hydrogen-bond donors (Lipinski definition) is 2. The molecule has 1 atom stereocenters. The van der Waals surface area contributed by atoms with Gasteiger partial charge in [-0.3, -0.25) is 0 Å². The van der Waals surface area contributed by atoms with E-state index in [4.69, 9.17) is 5.73 Å². The first-order chi connectivity index (χ1) is 7.16. The standard InChI is InChI=1S/C12H15N3/c1-8-3-5-10(6-4-8)11-7-14-12(15-11)9(2)13/h3-7,9H,13H2,1-2H3,(H,14,15). The Morgan fingerprint density at radius 1 is 1.27 bits per heavy atom. The Kier molecular flexibility index (Phi) is 2.56. The number of H-pyrrole nitrogens is 1. The Bertz CT molecular complexity index is 440. The van der Waals surface area contributed by atoms with Crippen LogP contribution in [-0.4, -0.2) is 9.97 Å². The first-order valence-electron chi connectivity index (χ1n) is 5.04. The molecule has 0 aliphatic carbocycles. The quantitative estimate of drug-likeness (QED) is 0.784. The van der Waals surface area contributed by atoms with Gasteiger partial charge in [0.1, 0.15) is 5.82 Å². The third-order valence-electron chi connectivity index (χ3n) is 2.39. The minimum atomic E-state index is -0.0517. The molecule has 2 rings (SSSR count). The summed E-state index contributed by atoms with van der Waals surface area (Å²) >= 11 is 0. The number of nitrogens with two attached hydrogens (primary N) is 1. The van der Waals surface area contributed by atoms with Crippen molar-refractivity contribution in [1.82, 2.24) is 9.97 Å². The van der Waals surface area contributed by atoms with Crippen LogP contribution in [0.5, 0.6) is 0 Å². The molecular weight excluding hydrogens is 186 g/mol. The van der Waals surface area contributed by atoms with E-state index in [1.54, 1.807) is 0 Å². The molecule has 1 aromatic heterocycles. The maximum Gasteiger partial charge on any atom is 0.123 e. The van der Waals surface area contributed by atoms with Crippen LogP contribution in [0.25, 0.3) is 11.3 Å². The number of aryl methyl sites for hydroxylation is 1. The molecule has 1 aromatic carbocycles. The van der Waals surface area contributed by atoms with Crippen LogP contribution in [0.1, 0.15) is 24.4 Å². The van der Waals surface area contributed by atoms with Crippen LogP contribution in [0.4, 0.5) is 0 Å². The molecule has 0 radical (unpaired) electrons. The molecule has 0 saturated heterocycles. The highest BCUT2D eigenvalue weighted by Gasteiger charge is 2.05. The molecule has 0 aliphatic heterocycles. The molecule has 3 N–H and O–H groups in total. The van der Waals surface area contributed by atoms with Gasteiger partial charge >= 0.3 is 0 Å². The SMILES string of the molecule is Cc1ccc(-c2cnc(C(C)N)[nH]2)cc1. The Balaban J connectivity index is 2.33. The van der Waals surface area contributed by atoms with E-state index in [-0.39, 0.29) is 6.04 Å². The van der Waals surface area contributed by atoms with Crippen molar-refractivity contribution in [2.24, 2.45) is 5.73 Å². The number of hydrogen-bond acceptors (Lipinski definition) is 2. The van der Waals surface area contributed by atoms with Crippen LogP contribution in [0, 0.1) is 6.92 Å². The van der Waals surface area contributed by atoms with Crippen molar-refractivity contribution in [3.8, 4) is 11.3 Å². The lowest BCUT2D eigenvalue weighted by molar-refractivity contribution is 0.756. The molecule has 0 amide bonds. The molecule has 1 unspecified atom stereocenters. The molecule has 0 fully saturated rings. The number of benzene rings is 1. The second-order valence-electron chi connectivity index (χ2n) is 3.84. The maximum absolute atomic E-state index is 5.74. The van der Waals surface area contributed by atoms with Gasteiger partial charge in [-0.05, 0) is 19.4 Å². The van der Waals surface area contributed by atoms with E-state index in [0.29, 0.717) is 0 Å². The summed E-state index contributed by atoms with van der Waals surface area (Å²) in [6, 6.07) is 8.27. The summed E-state index contributed by atoms with van der Waals surface area (Å²) in [6.45, 7) is 3.99. The lowest BCUT2D eigenvalue weighted by atomic mass is 10.1. The van der Waals surface area contributed by atoms with Gasteiger partial charge in [-0.15, -0.1) is 0 Å². The lowest BCUT2D eigenvalue weighted by Crippen LogP contribution is -2.06. The Hall–Kier alpha value is -1.61. The Labute approximate surface area is 89.4 Å². The number of aromatic nitrogens is 2. The predicted octanol–water partition coefficient (Wildman–Crippen LogP) is 2.40. The van der Waals surface area contributed by atoms with Gasteiger partial charge in [0.05, 0.1) is 17.9 Å². The fraction of sp³-hybridized carbons (Fsp3) is 0.250. The summed E-state index contributed by atoms with van der Waals surface area (Å²) in [5, 5.41) is 0. The topological polar surface area (TPSA) is 54.7 Å². The van der Waals surface area contributed by atoms with E-state index in [2.05, 4.69) is 41.2 Å². The van der Waals surface area contributed by atoms with Crippen LogP contribution in [-0.2, 0) is 0 Å². The highest BCUT2D eigenvalue weighted by molar-refractivity contribution is 5.58. The van der Waals surface area contributed by atoms with Crippen molar-refractivity contribution in [1.29, 1.82) is 0 Å². The van der Waals surface area contributed by atoms with E-state index in [9.17, 15) is 0 Å². The molecule has 2 aromatic rings. The van der Waals surface area contributed by atoms with Gasteiger partial charge in [0, 0.05) is 0 Å². The van der Waals surface area contributed by atoms with Crippen LogP contribution in [0.15, 0.2) is 30.5 Å². The zero-order chi connectivity index (χ0) is 10.8. The molecule has 1 heterocycles. The van der Waals surface area contributed by atoms with E-state index in [1.165, 1.54) is 5.56 Å². The molecular formula is C12H15N3. The monoisotopic (exact) mass is 201 g/mol. The van der Waals surface area contributed by atoms with Crippen molar-refractivity contribution >= 4 is 0 Å². The summed E-state index contributed by atoms with van der Waals surface area (Å²) in [7, 11) is 0. The van der Waals surface area contributed by atoms with Gasteiger partial charge in [-0.2, -0.15) is 0 Å². The molecule has 0 aliphatic rings. The highest BCUT2D eigenvalue weighted by atomic mass is 14.9. The zero-order valence-electron chi connectivity index (χ0n) is 8.99. The summed E-state index contributed by atoms with van der Waals surface area (Å²) in [5.41, 5.74) is 9.15. The first-order valence-corrected chi connectivity index (χ1v) is 5.04. The van der Waals surface area contributed by atoms with E-state index in [0.717, 1.165) is 17.1 Å². The number of imidazole rings is 1. The fourth-order valence-corrected chi connectivity index (χ4v) is 1.45. The average molecular weight is 201 g/mol. The summed E-state index contributed by atoms with van der Waals surface area (Å²) in [4.78, 5) is 7.45. The third-order valence-corrected chi connectivity index (χ3v) is 2.39. The molecule has 78 valence electrons. The van der Waals surface area contributed by atoms with Crippen LogP contribution in [0.3, 0.4) is 0 Å². The summed E-state index contributed by atoms with van der Waals surface area (Å²) in [6.07, 6.45) is 1.82. The molecule has 0 saturated carbocycles. The smallest absolute Gasteiger partial charge is 0.123 e. The van der Waals surface area contributed by atoms with Gasteiger partial charge in [-0.1, -0.05) is 29.8 Å². The largest absolute Gasteiger partial charge is 0.341 e. The average Bonchev–Trinajstić information content (AvgIpc) is 2.68. The van der Waals surface area contributed by atoms with Crippen LogP contribution >= 0.6 is 0 Å². The lowest BCUT2D eigenvalue weighted by Gasteiger charge is -2.00. The van der Waals surface area contributed by atoms with Gasteiger partial charge in [0.2, 0.25) is 0 Å². The van der Waals surface area contributed by atoms with Crippen molar-refractivity contribution in [2.75, 3.05) is 0 Å². The predicted molar refractivity (Wildman–Crippen MR) is 61.4 cm³/mol. The number of nitrogens with zero attached hydrogens (tertiary/aromatic N) is 1. The fourth-order valence-electron chi connectivity index (χ4n) is 1.45. The first kappa shape index (κ1) is 9.93. The van der Waals surface area contributed by atoms with Gasteiger partial charge in [0.15, 0.2) is 0 Å². The van der Waals surface area contributed by atoms with Crippen molar-refractivity contribution in [3.05, 3.63) is 41.9 Å². The number of nitrogens with one attached hydrogen (secondary N) is 1. The third kappa shape index (κ3) is 2.07. The van der Waals surface area contributed by atoms with Crippen LogP contribution < -0.4 is 5.73 Å². The van der Waals surface area contributed by atoms with Crippen molar-refractivity contribution in [2.45, 2.75) is 19.9 Å². The highest BCUT2D eigenvalue weighted by Crippen LogP contribution is 2.18. The van der Waals surface area contributed by atoms with Crippen LogP contribution in [0.2, 0.25) is 0 Å².